The van der Waals surface area contributed by atoms with Gasteiger partial charge in [0.05, 0.1) is 6.07 Å². The molecule has 0 radical (unpaired) electrons. The van der Waals surface area contributed by atoms with Crippen molar-refractivity contribution in [3.8, 4) is 5.88 Å². The van der Waals surface area contributed by atoms with Gasteiger partial charge in [-0.2, -0.15) is 14.6 Å². The molecule has 0 saturated carbocycles. The van der Waals surface area contributed by atoms with Crippen LogP contribution < -0.4 is 5.56 Å². The molecule has 5 nitrogen and oxygen atoms in total. The van der Waals surface area contributed by atoms with Crippen LogP contribution in [0.25, 0.3) is 4.96 Å². The normalized spacial score (nSPS) is 11.5. The molecule has 2 aromatic heterocycles. The van der Waals surface area contributed by atoms with E-state index >= 15 is 0 Å². The van der Waals surface area contributed by atoms with E-state index in [2.05, 4.69) is 23.9 Å². The molecule has 2 aromatic rings. The molecule has 98 valence electrons. The van der Waals surface area contributed by atoms with E-state index in [9.17, 15) is 9.90 Å². The Kier molecular flexibility index (Phi) is 3.96. The molecule has 1 N–H and O–H groups in total. The van der Waals surface area contributed by atoms with E-state index in [1.807, 2.05) is 0 Å². The number of hydrogen-bond donors (Lipinski definition) is 1. The molecule has 0 saturated heterocycles. The van der Waals surface area contributed by atoms with E-state index in [1.54, 1.807) is 0 Å². The zero-order valence-electron chi connectivity index (χ0n) is 10.6. The standard InChI is InChI=1S/C12H17N3O2S/c1-3-8(4-2)5-6-10-14-15-11(17)7-9(16)13-12(15)18-10/h7-8,16H,3-6H2,1-2H3. The maximum absolute atomic E-state index is 11.6. The van der Waals surface area contributed by atoms with E-state index in [0.717, 1.165) is 23.9 Å². The van der Waals surface area contributed by atoms with Gasteiger partial charge in [0, 0.05) is 6.42 Å². The van der Waals surface area contributed by atoms with E-state index in [1.165, 1.54) is 28.7 Å². The summed E-state index contributed by atoms with van der Waals surface area (Å²) in [5.74, 6) is 0.463. The van der Waals surface area contributed by atoms with Gasteiger partial charge in [-0.15, -0.1) is 0 Å². The van der Waals surface area contributed by atoms with Crippen molar-refractivity contribution in [2.45, 2.75) is 39.5 Å². The minimum atomic E-state index is -0.331. The number of hydrogen-bond acceptors (Lipinski definition) is 5. The molecular weight excluding hydrogens is 250 g/mol. The smallest absolute Gasteiger partial charge is 0.278 e. The fourth-order valence-corrected chi connectivity index (χ4v) is 2.87. The average Bonchev–Trinajstić information content (AvgIpc) is 2.73. The summed E-state index contributed by atoms with van der Waals surface area (Å²) in [4.78, 5) is 15.9. The topological polar surface area (TPSA) is 67.5 Å². The predicted molar refractivity (Wildman–Crippen MR) is 71.2 cm³/mol. The molecule has 0 fully saturated rings. The summed E-state index contributed by atoms with van der Waals surface area (Å²) in [5, 5.41) is 14.4. The first-order chi connectivity index (χ1) is 8.63. The minimum Gasteiger partial charge on any atom is -0.493 e. The first-order valence-corrected chi connectivity index (χ1v) is 7.04. The summed E-state index contributed by atoms with van der Waals surface area (Å²) in [6.45, 7) is 4.38. The Hall–Kier alpha value is -1.43. The van der Waals surface area contributed by atoms with Gasteiger partial charge >= 0.3 is 0 Å². The third-order valence-electron chi connectivity index (χ3n) is 3.19. The Balaban J connectivity index is 2.20. The molecule has 0 amide bonds. The number of fused-ring (bicyclic) bond motifs is 1. The minimum absolute atomic E-state index is 0.241. The van der Waals surface area contributed by atoms with Crippen LogP contribution in [0.1, 0.15) is 38.1 Å². The van der Waals surface area contributed by atoms with Crippen LogP contribution in [0.2, 0.25) is 0 Å². The highest BCUT2D eigenvalue weighted by Crippen LogP contribution is 2.19. The molecule has 0 bridgehead atoms. The van der Waals surface area contributed by atoms with Crippen LogP contribution in [0, 0.1) is 5.92 Å². The Morgan fingerprint density at radius 2 is 2.17 bits per heavy atom. The maximum Gasteiger partial charge on any atom is 0.278 e. The largest absolute Gasteiger partial charge is 0.493 e. The predicted octanol–water partition coefficient (Wildman–Crippen LogP) is 2.23. The second-order valence-corrected chi connectivity index (χ2v) is 5.40. The summed E-state index contributed by atoms with van der Waals surface area (Å²) in [5.41, 5.74) is -0.331. The molecule has 6 heteroatoms. The number of nitrogens with zero attached hydrogens (tertiary/aromatic N) is 3. The van der Waals surface area contributed by atoms with Gasteiger partial charge in [-0.1, -0.05) is 38.0 Å². The van der Waals surface area contributed by atoms with Crippen molar-refractivity contribution in [1.29, 1.82) is 0 Å². The van der Waals surface area contributed by atoms with Gasteiger partial charge < -0.3 is 5.11 Å². The van der Waals surface area contributed by atoms with Crippen LogP contribution in [-0.2, 0) is 6.42 Å². The summed E-state index contributed by atoms with van der Waals surface area (Å²) >= 11 is 1.37. The average molecular weight is 267 g/mol. The third kappa shape index (κ3) is 2.69. The van der Waals surface area contributed by atoms with Gasteiger partial charge in [0.1, 0.15) is 5.01 Å². The lowest BCUT2D eigenvalue weighted by Crippen LogP contribution is -2.13. The van der Waals surface area contributed by atoms with Crippen molar-refractivity contribution < 1.29 is 5.11 Å². The van der Waals surface area contributed by atoms with Crippen molar-refractivity contribution in [1.82, 2.24) is 14.6 Å². The van der Waals surface area contributed by atoms with E-state index < -0.39 is 0 Å². The Labute approximate surface area is 109 Å². The lowest BCUT2D eigenvalue weighted by atomic mass is 9.98. The Bertz CT molecular complexity index is 587. The Morgan fingerprint density at radius 1 is 1.44 bits per heavy atom. The van der Waals surface area contributed by atoms with Gasteiger partial charge in [0.15, 0.2) is 0 Å². The van der Waals surface area contributed by atoms with Crippen molar-refractivity contribution in [3.63, 3.8) is 0 Å². The maximum atomic E-state index is 11.6. The Morgan fingerprint density at radius 3 is 2.83 bits per heavy atom. The van der Waals surface area contributed by atoms with Crippen molar-refractivity contribution in [3.05, 3.63) is 21.4 Å². The van der Waals surface area contributed by atoms with Gasteiger partial charge in [0.25, 0.3) is 5.56 Å². The number of aromatic hydroxyl groups is 1. The van der Waals surface area contributed by atoms with Crippen LogP contribution in [-0.4, -0.2) is 19.7 Å². The number of aryl methyl sites for hydroxylation is 1. The fourth-order valence-electron chi connectivity index (χ4n) is 1.96. The molecule has 0 aliphatic rings. The van der Waals surface area contributed by atoms with Crippen LogP contribution in [0.15, 0.2) is 10.9 Å². The van der Waals surface area contributed by atoms with Crippen LogP contribution >= 0.6 is 11.3 Å². The third-order valence-corrected chi connectivity index (χ3v) is 4.16. The fraction of sp³-hybridized carbons (Fsp3) is 0.583. The SMILES string of the molecule is CCC(CC)CCc1nn2c(=O)cc(O)nc2s1. The van der Waals surface area contributed by atoms with Gasteiger partial charge in [0.2, 0.25) is 10.8 Å². The highest BCUT2D eigenvalue weighted by atomic mass is 32.1. The monoisotopic (exact) mass is 267 g/mol. The van der Waals surface area contributed by atoms with Gasteiger partial charge in [-0.25, -0.2) is 0 Å². The molecule has 0 unspecified atom stereocenters. The number of rotatable bonds is 5. The lowest BCUT2D eigenvalue weighted by molar-refractivity contribution is 0.451. The van der Waals surface area contributed by atoms with Crippen LogP contribution in [0.5, 0.6) is 5.88 Å². The second-order valence-electron chi connectivity index (χ2n) is 4.36. The zero-order chi connectivity index (χ0) is 13.1. The molecule has 0 atom stereocenters. The van der Waals surface area contributed by atoms with Gasteiger partial charge in [-0.05, 0) is 12.3 Å². The summed E-state index contributed by atoms with van der Waals surface area (Å²) in [7, 11) is 0. The highest BCUT2D eigenvalue weighted by Gasteiger charge is 2.10. The molecule has 0 aliphatic heterocycles. The first kappa shape index (κ1) is 13.0. The quantitative estimate of drug-likeness (QED) is 0.902. The van der Waals surface area contributed by atoms with E-state index in [4.69, 9.17) is 0 Å². The van der Waals surface area contributed by atoms with Crippen molar-refractivity contribution >= 4 is 16.3 Å². The molecular formula is C12H17N3O2S. The molecule has 2 rings (SSSR count). The van der Waals surface area contributed by atoms with E-state index in [0.29, 0.717) is 10.9 Å². The molecule has 0 aliphatic carbocycles. The highest BCUT2D eigenvalue weighted by molar-refractivity contribution is 7.16. The summed E-state index contributed by atoms with van der Waals surface area (Å²) in [6, 6.07) is 1.08. The van der Waals surface area contributed by atoms with Crippen molar-refractivity contribution in [2.75, 3.05) is 0 Å². The lowest BCUT2D eigenvalue weighted by Gasteiger charge is -2.09. The summed E-state index contributed by atoms with van der Waals surface area (Å²) in [6.07, 6.45) is 4.27. The first-order valence-electron chi connectivity index (χ1n) is 6.22. The van der Waals surface area contributed by atoms with E-state index in [-0.39, 0.29) is 11.4 Å². The van der Waals surface area contributed by atoms with Crippen molar-refractivity contribution in [2.24, 2.45) is 5.92 Å². The van der Waals surface area contributed by atoms with Crippen LogP contribution in [0.4, 0.5) is 0 Å². The zero-order valence-corrected chi connectivity index (χ0v) is 11.4. The second kappa shape index (κ2) is 5.48. The molecule has 18 heavy (non-hydrogen) atoms. The van der Waals surface area contributed by atoms with Gasteiger partial charge in [-0.3, -0.25) is 4.79 Å². The molecule has 0 spiro atoms. The molecule has 2 heterocycles. The summed E-state index contributed by atoms with van der Waals surface area (Å²) < 4.78 is 1.26. The number of aromatic nitrogens is 3. The molecule has 0 aromatic carbocycles. The van der Waals surface area contributed by atoms with Crippen LogP contribution in [0.3, 0.4) is 0 Å².